The Morgan fingerprint density at radius 3 is 3.15 bits per heavy atom. The van der Waals surface area contributed by atoms with Gasteiger partial charge in [-0.3, -0.25) is 10.1 Å². The number of carbonyl (C=O) groups is 1. The van der Waals surface area contributed by atoms with Gasteiger partial charge in [0.05, 0.1) is 11.9 Å². The van der Waals surface area contributed by atoms with Crippen molar-refractivity contribution in [3.8, 4) is 6.19 Å². The number of nitriles is 1. The summed E-state index contributed by atoms with van der Waals surface area (Å²) in [7, 11) is 0. The zero-order valence-electron chi connectivity index (χ0n) is 6.77. The zero-order valence-corrected chi connectivity index (χ0v) is 6.77. The van der Waals surface area contributed by atoms with Crippen LogP contribution in [0.2, 0.25) is 0 Å². The minimum atomic E-state index is -0.434. The average Bonchev–Trinajstić information content (AvgIpc) is 2.52. The normalized spacial score (nSPS) is 9.23. The second-order valence-corrected chi connectivity index (χ2v) is 2.27. The number of amides is 1. The summed E-state index contributed by atoms with van der Waals surface area (Å²) >= 11 is 0. The monoisotopic (exact) mass is 180 g/mol. The first kappa shape index (κ1) is 9.15. The summed E-state index contributed by atoms with van der Waals surface area (Å²) in [6.07, 6.45) is 3.08. The molecule has 0 saturated heterocycles. The summed E-state index contributed by atoms with van der Waals surface area (Å²) in [5.41, 5.74) is 5.89. The van der Waals surface area contributed by atoms with Crippen LogP contribution < -0.4 is 11.1 Å². The molecule has 0 fully saturated rings. The molecule has 7 heteroatoms. The van der Waals surface area contributed by atoms with Gasteiger partial charge in [-0.2, -0.15) is 5.26 Å². The molecule has 0 spiro atoms. The molecule has 1 heterocycles. The number of nitrogens with two attached hydrogens (primary N) is 1. The van der Waals surface area contributed by atoms with Crippen LogP contribution in [0.5, 0.6) is 0 Å². The van der Waals surface area contributed by atoms with Crippen molar-refractivity contribution in [3.63, 3.8) is 0 Å². The first-order chi connectivity index (χ1) is 6.26. The lowest BCUT2D eigenvalue weighted by Gasteiger charge is -1.95. The van der Waals surface area contributed by atoms with Gasteiger partial charge in [-0.25, -0.2) is 4.68 Å². The van der Waals surface area contributed by atoms with Gasteiger partial charge in [-0.15, -0.1) is 5.10 Å². The first-order valence-electron chi connectivity index (χ1n) is 3.53. The Kier molecular flexibility index (Phi) is 2.94. The Morgan fingerprint density at radius 1 is 1.85 bits per heavy atom. The van der Waals surface area contributed by atoms with Gasteiger partial charge >= 0.3 is 0 Å². The van der Waals surface area contributed by atoms with E-state index in [4.69, 9.17) is 11.0 Å². The maximum atomic E-state index is 10.9. The second-order valence-electron chi connectivity index (χ2n) is 2.27. The highest BCUT2D eigenvalue weighted by Crippen LogP contribution is 1.90. The summed E-state index contributed by atoms with van der Waals surface area (Å²) in [5, 5.41) is 17.4. The van der Waals surface area contributed by atoms with Crippen molar-refractivity contribution >= 4 is 5.91 Å². The molecule has 0 unspecified atom stereocenters. The molecule has 1 aromatic heterocycles. The molecule has 0 bridgehead atoms. The maximum Gasteiger partial charge on any atom is 0.254 e. The van der Waals surface area contributed by atoms with Gasteiger partial charge < -0.3 is 5.73 Å². The molecule has 7 nitrogen and oxygen atoms in total. The fourth-order valence-corrected chi connectivity index (χ4v) is 0.758. The lowest BCUT2D eigenvalue weighted by molar-refractivity contribution is -0.120. The summed E-state index contributed by atoms with van der Waals surface area (Å²) < 4.78 is 1.31. The van der Waals surface area contributed by atoms with Crippen molar-refractivity contribution < 1.29 is 4.79 Å². The van der Waals surface area contributed by atoms with Crippen LogP contribution in [0.4, 0.5) is 0 Å². The Labute approximate surface area is 74.1 Å². The molecule has 0 aliphatic rings. The fourth-order valence-electron chi connectivity index (χ4n) is 0.758. The average molecular weight is 180 g/mol. The molecular weight excluding hydrogens is 172 g/mol. The van der Waals surface area contributed by atoms with Crippen LogP contribution in [0.15, 0.2) is 6.20 Å². The molecular formula is C6H8N6O. The second kappa shape index (κ2) is 4.18. The number of hydrogen-bond acceptors (Lipinski definition) is 5. The van der Waals surface area contributed by atoms with E-state index in [-0.39, 0.29) is 13.1 Å². The summed E-state index contributed by atoms with van der Waals surface area (Å²) in [6.45, 7) is 0.250. The van der Waals surface area contributed by atoms with E-state index in [2.05, 4.69) is 10.3 Å². The van der Waals surface area contributed by atoms with E-state index >= 15 is 0 Å². The highest BCUT2D eigenvalue weighted by molar-refractivity contribution is 5.76. The molecule has 1 amide bonds. The maximum absolute atomic E-state index is 10.9. The van der Waals surface area contributed by atoms with E-state index in [1.165, 1.54) is 10.9 Å². The standard InChI is InChI=1S/C6H8N6O/c7-1-5-2-12(11-10-5)3-6(13)9-4-8/h2H,1,3,7H2,(H,9,13). The van der Waals surface area contributed by atoms with Crippen molar-refractivity contribution in [2.75, 3.05) is 0 Å². The van der Waals surface area contributed by atoms with Crippen molar-refractivity contribution in [2.45, 2.75) is 13.1 Å². The highest BCUT2D eigenvalue weighted by Gasteiger charge is 2.03. The quantitative estimate of drug-likeness (QED) is 0.427. The van der Waals surface area contributed by atoms with Gasteiger partial charge in [0.15, 0.2) is 6.19 Å². The van der Waals surface area contributed by atoms with Gasteiger partial charge in [-0.1, -0.05) is 5.21 Å². The Morgan fingerprint density at radius 2 is 2.62 bits per heavy atom. The van der Waals surface area contributed by atoms with Crippen LogP contribution in [0.25, 0.3) is 0 Å². The van der Waals surface area contributed by atoms with Crippen LogP contribution in [0, 0.1) is 11.5 Å². The number of nitrogens with one attached hydrogen (secondary N) is 1. The molecule has 0 radical (unpaired) electrons. The highest BCUT2D eigenvalue weighted by atomic mass is 16.2. The number of nitrogens with zero attached hydrogens (tertiary/aromatic N) is 4. The number of hydrogen-bond donors (Lipinski definition) is 2. The van der Waals surface area contributed by atoms with E-state index in [0.717, 1.165) is 0 Å². The van der Waals surface area contributed by atoms with Crippen LogP contribution >= 0.6 is 0 Å². The minimum Gasteiger partial charge on any atom is -0.325 e. The van der Waals surface area contributed by atoms with Crippen molar-refractivity contribution in [1.82, 2.24) is 20.3 Å². The van der Waals surface area contributed by atoms with Crippen molar-refractivity contribution in [1.29, 1.82) is 5.26 Å². The van der Waals surface area contributed by atoms with Crippen LogP contribution in [-0.4, -0.2) is 20.9 Å². The summed E-state index contributed by atoms with van der Waals surface area (Å²) in [5.74, 6) is -0.434. The van der Waals surface area contributed by atoms with E-state index in [1.54, 1.807) is 6.20 Å². The van der Waals surface area contributed by atoms with Gasteiger partial charge in [0.1, 0.15) is 6.54 Å². The molecule has 0 atom stereocenters. The summed E-state index contributed by atoms with van der Waals surface area (Å²) in [6, 6.07) is 0. The molecule has 0 aliphatic carbocycles. The lowest BCUT2D eigenvalue weighted by atomic mass is 10.5. The minimum absolute atomic E-state index is 0.0272. The van der Waals surface area contributed by atoms with E-state index in [9.17, 15) is 4.79 Å². The van der Waals surface area contributed by atoms with Crippen LogP contribution in [-0.2, 0) is 17.9 Å². The lowest BCUT2D eigenvalue weighted by Crippen LogP contribution is -2.23. The van der Waals surface area contributed by atoms with E-state index in [0.29, 0.717) is 5.69 Å². The smallest absolute Gasteiger partial charge is 0.254 e. The predicted molar refractivity (Wildman–Crippen MR) is 41.7 cm³/mol. The third-order valence-electron chi connectivity index (χ3n) is 1.30. The van der Waals surface area contributed by atoms with Gasteiger partial charge in [0.25, 0.3) is 5.91 Å². The molecule has 1 aromatic rings. The van der Waals surface area contributed by atoms with Crippen LogP contribution in [0.3, 0.4) is 0 Å². The molecule has 0 saturated carbocycles. The number of aromatic nitrogens is 3. The molecule has 68 valence electrons. The van der Waals surface area contributed by atoms with E-state index < -0.39 is 5.91 Å². The third kappa shape index (κ3) is 2.53. The molecule has 0 aromatic carbocycles. The third-order valence-corrected chi connectivity index (χ3v) is 1.30. The molecule has 13 heavy (non-hydrogen) atoms. The fraction of sp³-hybridized carbons (Fsp3) is 0.333. The molecule has 0 aliphatic heterocycles. The van der Waals surface area contributed by atoms with E-state index in [1.807, 2.05) is 5.32 Å². The van der Waals surface area contributed by atoms with Gasteiger partial charge in [0, 0.05) is 6.54 Å². The first-order valence-corrected chi connectivity index (χ1v) is 3.53. The molecule has 1 rings (SSSR count). The SMILES string of the molecule is N#CNC(=O)Cn1cc(CN)nn1. The Balaban J connectivity index is 2.55. The Bertz CT molecular complexity index is 337. The summed E-state index contributed by atoms with van der Waals surface area (Å²) in [4.78, 5) is 10.9. The van der Waals surface area contributed by atoms with Gasteiger partial charge in [-0.05, 0) is 0 Å². The number of carbonyl (C=O) groups excluding carboxylic acids is 1. The largest absolute Gasteiger partial charge is 0.325 e. The zero-order chi connectivity index (χ0) is 9.68. The van der Waals surface area contributed by atoms with Crippen molar-refractivity contribution in [2.24, 2.45) is 5.73 Å². The molecule has 3 N–H and O–H groups in total. The predicted octanol–water partition coefficient (Wildman–Crippen LogP) is -1.67. The van der Waals surface area contributed by atoms with Gasteiger partial charge in [0.2, 0.25) is 0 Å². The van der Waals surface area contributed by atoms with Crippen molar-refractivity contribution in [3.05, 3.63) is 11.9 Å². The topological polar surface area (TPSA) is 110 Å². The van der Waals surface area contributed by atoms with Crippen LogP contribution in [0.1, 0.15) is 5.69 Å². The Hall–Kier alpha value is -1.94. The number of rotatable bonds is 3.